The number of carbonyl (C=O) groups excluding carboxylic acids is 1. The summed E-state index contributed by atoms with van der Waals surface area (Å²) in [5.74, 6) is -0.0748. The van der Waals surface area contributed by atoms with Crippen molar-refractivity contribution in [2.75, 3.05) is 0 Å². The Labute approximate surface area is 56.2 Å². The molecule has 0 aliphatic heterocycles. The fourth-order valence-electron chi connectivity index (χ4n) is 0. The van der Waals surface area contributed by atoms with Crippen LogP contribution in [-0.2, 0) is 4.79 Å². The Hall–Kier alpha value is 0.440. The minimum absolute atomic E-state index is 0.0748. The van der Waals surface area contributed by atoms with Gasteiger partial charge >= 0.3 is 0 Å². The van der Waals surface area contributed by atoms with Crippen molar-refractivity contribution in [3.63, 3.8) is 0 Å². The summed E-state index contributed by atoms with van der Waals surface area (Å²) in [6.07, 6.45) is 0. The summed E-state index contributed by atoms with van der Waals surface area (Å²) in [5.41, 5.74) is 0. The van der Waals surface area contributed by atoms with Crippen LogP contribution in [0.5, 0.6) is 0 Å². The molecule has 3 heteroatoms. The highest BCUT2D eigenvalue weighted by Gasteiger charge is 2.20. The van der Waals surface area contributed by atoms with E-state index in [0.717, 1.165) is 0 Å². The van der Waals surface area contributed by atoms with E-state index in [1.807, 2.05) is 0 Å². The van der Waals surface area contributed by atoms with Crippen LogP contribution in [0.2, 0.25) is 0 Å². The van der Waals surface area contributed by atoms with Gasteiger partial charge in [0.2, 0.25) is 0 Å². The van der Waals surface area contributed by atoms with Crippen molar-refractivity contribution in [3.05, 3.63) is 0 Å². The van der Waals surface area contributed by atoms with E-state index in [2.05, 4.69) is 15.9 Å². The largest absolute Gasteiger partial charge is 0.297 e. The highest BCUT2D eigenvalue weighted by Crippen LogP contribution is 2.22. The molecule has 0 aromatic carbocycles. The SMILES string of the molecule is CC(=O)C(C)(Cl)Br. The number of alkyl halides is 2. The Kier molecular flexibility index (Phi) is 2.27. The molecule has 7 heavy (non-hydrogen) atoms. The molecule has 0 bridgehead atoms. The van der Waals surface area contributed by atoms with Gasteiger partial charge in [0.15, 0.2) is 9.57 Å². The molecular formula is C4H6BrClO. The van der Waals surface area contributed by atoms with Gasteiger partial charge in [0.1, 0.15) is 0 Å². The first-order chi connectivity index (χ1) is 2.94. The second kappa shape index (κ2) is 2.14. The number of hydrogen-bond donors (Lipinski definition) is 0. The van der Waals surface area contributed by atoms with Gasteiger partial charge in [-0.25, -0.2) is 0 Å². The van der Waals surface area contributed by atoms with Crippen molar-refractivity contribution in [2.45, 2.75) is 17.6 Å². The van der Waals surface area contributed by atoms with E-state index in [4.69, 9.17) is 11.6 Å². The van der Waals surface area contributed by atoms with Crippen LogP contribution in [0.1, 0.15) is 13.8 Å². The summed E-state index contributed by atoms with van der Waals surface area (Å²) in [7, 11) is 0. The summed E-state index contributed by atoms with van der Waals surface area (Å²) in [6, 6.07) is 0. The molecule has 0 amide bonds. The van der Waals surface area contributed by atoms with Crippen LogP contribution in [0.15, 0.2) is 0 Å². The summed E-state index contributed by atoms with van der Waals surface area (Å²) in [6.45, 7) is 3.03. The van der Waals surface area contributed by atoms with Crippen LogP contribution in [-0.4, -0.2) is 9.57 Å². The van der Waals surface area contributed by atoms with E-state index in [9.17, 15) is 4.79 Å². The van der Waals surface area contributed by atoms with E-state index in [-0.39, 0.29) is 5.78 Å². The molecule has 0 heterocycles. The number of ketones is 1. The lowest BCUT2D eigenvalue weighted by Crippen LogP contribution is -2.16. The van der Waals surface area contributed by atoms with Gasteiger partial charge in [-0.15, -0.1) is 0 Å². The van der Waals surface area contributed by atoms with Crippen molar-refractivity contribution >= 4 is 33.3 Å². The van der Waals surface area contributed by atoms with E-state index >= 15 is 0 Å². The number of hydrogen-bond acceptors (Lipinski definition) is 1. The molecule has 0 aromatic rings. The molecule has 0 saturated heterocycles. The Balaban J connectivity index is 3.79. The van der Waals surface area contributed by atoms with Crippen LogP contribution < -0.4 is 0 Å². The lowest BCUT2D eigenvalue weighted by atomic mass is 10.3. The van der Waals surface area contributed by atoms with Crippen LogP contribution >= 0.6 is 27.5 Å². The van der Waals surface area contributed by atoms with Crippen LogP contribution in [0.25, 0.3) is 0 Å². The highest BCUT2D eigenvalue weighted by molar-refractivity contribution is 9.10. The van der Waals surface area contributed by atoms with Crippen molar-refractivity contribution in [1.29, 1.82) is 0 Å². The van der Waals surface area contributed by atoms with E-state index in [0.29, 0.717) is 0 Å². The number of Topliss-reactive ketones (excluding diaryl/α,β-unsaturated/α-hetero) is 1. The monoisotopic (exact) mass is 184 g/mol. The Morgan fingerprint density at radius 1 is 1.86 bits per heavy atom. The molecule has 0 rings (SSSR count). The molecule has 1 atom stereocenters. The summed E-state index contributed by atoms with van der Waals surface area (Å²) >= 11 is 8.39. The highest BCUT2D eigenvalue weighted by atomic mass is 79.9. The molecule has 0 aromatic heterocycles. The van der Waals surface area contributed by atoms with Gasteiger partial charge in [-0.1, -0.05) is 27.5 Å². The van der Waals surface area contributed by atoms with Gasteiger partial charge in [-0.05, 0) is 13.8 Å². The van der Waals surface area contributed by atoms with E-state index in [1.165, 1.54) is 6.92 Å². The second-order valence-corrected chi connectivity index (χ2v) is 4.24. The number of carbonyl (C=O) groups is 1. The molecule has 0 N–H and O–H groups in total. The van der Waals surface area contributed by atoms with Crippen LogP contribution in [0.4, 0.5) is 0 Å². The first kappa shape index (κ1) is 7.44. The molecule has 0 spiro atoms. The van der Waals surface area contributed by atoms with Crippen molar-refractivity contribution < 1.29 is 4.79 Å². The minimum atomic E-state index is -0.854. The predicted octanol–water partition coefficient (Wildman–Crippen LogP) is 1.93. The standard InChI is InChI=1S/C4H6BrClO/c1-3(7)4(2,5)6/h1-2H3. The average Bonchev–Trinajstić information content (AvgIpc) is 1.31. The lowest BCUT2D eigenvalue weighted by molar-refractivity contribution is -0.116. The molecule has 1 unspecified atom stereocenters. The molecule has 1 nitrogen and oxygen atoms in total. The Morgan fingerprint density at radius 2 is 2.00 bits per heavy atom. The van der Waals surface area contributed by atoms with Gasteiger partial charge in [0.05, 0.1) is 0 Å². The quantitative estimate of drug-likeness (QED) is 0.571. The molecule has 0 radical (unpaired) electrons. The molecular weight excluding hydrogens is 179 g/mol. The zero-order chi connectivity index (χ0) is 6.08. The van der Waals surface area contributed by atoms with Gasteiger partial charge < -0.3 is 0 Å². The first-order valence-electron chi connectivity index (χ1n) is 1.83. The van der Waals surface area contributed by atoms with Gasteiger partial charge in [-0.2, -0.15) is 0 Å². The number of rotatable bonds is 1. The smallest absolute Gasteiger partial charge is 0.161 e. The van der Waals surface area contributed by atoms with Crippen LogP contribution in [0, 0.1) is 0 Å². The van der Waals surface area contributed by atoms with Gasteiger partial charge in [0, 0.05) is 0 Å². The van der Waals surface area contributed by atoms with E-state index < -0.39 is 3.78 Å². The molecule has 0 aliphatic carbocycles. The topological polar surface area (TPSA) is 17.1 Å². The van der Waals surface area contributed by atoms with Crippen LogP contribution in [0.3, 0.4) is 0 Å². The maximum absolute atomic E-state index is 10.3. The zero-order valence-electron chi connectivity index (χ0n) is 4.16. The maximum Gasteiger partial charge on any atom is 0.161 e. The van der Waals surface area contributed by atoms with Crippen molar-refractivity contribution in [1.82, 2.24) is 0 Å². The molecule has 0 aliphatic rings. The third-order valence-electron chi connectivity index (χ3n) is 0.618. The zero-order valence-corrected chi connectivity index (χ0v) is 6.51. The van der Waals surface area contributed by atoms with Gasteiger partial charge in [0.25, 0.3) is 0 Å². The minimum Gasteiger partial charge on any atom is -0.297 e. The first-order valence-corrected chi connectivity index (χ1v) is 3.00. The normalized spacial score (nSPS) is 18.3. The molecule has 42 valence electrons. The maximum atomic E-state index is 10.3. The Morgan fingerprint density at radius 3 is 2.00 bits per heavy atom. The van der Waals surface area contributed by atoms with Crippen molar-refractivity contribution in [2.24, 2.45) is 0 Å². The average molecular weight is 185 g/mol. The number of halogens is 2. The third-order valence-corrected chi connectivity index (χ3v) is 1.44. The Bertz CT molecular complexity index is 84.2. The fraction of sp³-hybridized carbons (Fsp3) is 0.750. The molecule has 0 fully saturated rings. The lowest BCUT2D eigenvalue weighted by Gasteiger charge is -2.05. The summed E-state index contributed by atoms with van der Waals surface area (Å²) in [4.78, 5) is 10.3. The van der Waals surface area contributed by atoms with E-state index in [1.54, 1.807) is 6.92 Å². The fourth-order valence-corrected chi connectivity index (χ4v) is 0. The molecule has 0 saturated carbocycles. The van der Waals surface area contributed by atoms with Gasteiger partial charge in [-0.3, -0.25) is 4.79 Å². The summed E-state index contributed by atoms with van der Waals surface area (Å²) in [5, 5.41) is 0. The second-order valence-electron chi connectivity index (χ2n) is 1.44. The third kappa shape index (κ3) is 3.06. The summed E-state index contributed by atoms with van der Waals surface area (Å²) < 4.78 is -0.854. The predicted molar refractivity (Wildman–Crippen MR) is 33.9 cm³/mol. The van der Waals surface area contributed by atoms with Crippen molar-refractivity contribution in [3.8, 4) is 0 Å².